The summed E-state index contributed by atoms with van der Waals surface area (Å²) in [4.78, 5) is 4.34. The van der Waals surface area contributed by atoms with Gasteiger partial charge >= 0.3 is 0 Å². The van der Waals surface area contributed by atoms with Gasteiger partial charge < -0.3 is 15.0 Å². The molecule has 2 saturated carbocycles. The summed E-state index contributed by atoms with van der Waals surface area (Å²) in [7, 11) is 0. The normalized spacial score (nSPS) is 23.8. The van der Waals surface area contributed by atoms with E-state index in [0.29, 0.717) is 24.4 Å². The van der Waals surface area contributed by atoms with Gasteiger partial charge in [0.1, 0.15) is 6.61 Å². The van der Waals surface area contributed by atoms with Crippen molar-refractivity contribution in [3.05, 3.63) is 11.7 Å². The highest BCUT2D eigenvalue weighted by Gasteiger charge is 2.39. The number of hydrogen-bond acceptors (Lipinski definition) is 5. The maximum atomic E-state index is 6.13. The topological polar surface area (TPSA) is 74.2 Å². The Morgan fingerprint density at radius 2 is 2.06 bits per heavy atom. The molecule has 1 aromatic rings. The van der Waals surface area contributed by atoms with Crippen molar-refractivity contribution < 1.29 is 9.26 Å². The fourth-order valence-electron chi connectivity index (χ4n) is 2.54. The summed E-state index contributed by atoms with van der Waals surface area (Å²) >= 11 is 0. The molecular formula is C12H19N3O2. The van der Waals surface area contributed by atoms with Gasteiger partial charge in [0.2, 0.25) is 0 Å². The van der Waals surface area contributed by atoms with Crippen LogP contribution in [0.15, 0.2) is 4.52 Å². The summed E-state index contributed by atoms with van der Waals surface area (Å²) < 4.78 is 10.9. The molecule has 1 heterocycles. The summed E-state index contributed by atoms with van der Waals surface area (Å²) in [5.74, 6) is 1.21. The number of hydrogen-bond donors (Lipinski definition) is 1. The Morgan fingerprint density at radius 1 is 1.29 bits per heavy atom. The third-order valence-electron chi connectivity index (χ3n) is 3.90. The molecule has 0 amide bonds. The first-order chi connectivity index (χ1) is 8.26. The molecule has 17 heavy (non-hydrogen) atoms. The molecule has 2 N–H and O–H groups in total. The Morgan fingerprint density at radius 3 is 2.71 bits per heavy atom. The van der Waals surface area contributed by atoms with Gasteiger partial charge in [-0.2, -0.15) is 4.98 Å². The van der Waals surface area contributed by atoms with E-state index in [9.17, 15) is 0 Å². The van der Waals surface area contributed by atoms with Crippen molar-refractivity contribution in [2.75, 3.05) is 0 Å². The first-order valence-corrected chi connectivity index (χ1v) is 6.50. The number of rotatable bonds is 4. The molecule has 0 radical (unpaired) electrons. The lowest BCUT2D eigenvalue weighted by molar-refractivity contribution is 0.0305. The van der Waals surface area contributed by atoms with Crippen molar-refractivity contribution in [3.8, 4) is 0 Å². The molecule has 2 aliphatic rings. The van der Waals surface area contributed by atoms with E-state index in [-0.39, 0.29) is 5.54 Å². The van der Waals surface area contributed by atoms with E-state index < -0.39 is 0 Å². The zero-order chi connectivity index (χ0) is 11.7. The Labute approximate surface area is 101 Å². The molecule has 0 aliphatic heterocycles. The van der Waals surface area contributed by atoms with Gasteiger partial charge in [-0.25, -0.2) is 0 Å². The minimum atomic E-state index is -0.338. The van der Waals surface area contributed by atoms with Crippen LogP contribution in [0.2, 0.25) is 0 Å². The van der Waals surface area contributed by atoms with E-state index in [1.807, 2.05) is 0 Å². The molecule has 0 bridgehead atoms. The molecule has 5 heteroatoms. The monoisotopic (exact) mass is 237 g/mol. The van der Waals surface area contributed by atoms with Crippen LogP contribution in [-0.2, 0) is 16.9 Å². The van der Waals surface area contributed by atoms with Gasteiger partial charge in [-0.05, 0) is 32.1 Å². The summed E-state index contributed by atoms with van der Waals surface area (Å²) in [6.07, 6.45) is 8.28. The molecular weight excluding hydrogens is 218 g/mol. The number of nitrogens with two attached hydrogens (primary N) is 1. The minimum absolute atomic E-state index is 0.338. The molecule has 0 unspecified atom stereocenters. The number of nitrogens with zero attached hydrogens (tertiary/aromatic N) is 2. The quantitative estimate of drug-likeness (QED) is 0.865. The summed E-state index contributed by atoms with van der Waals surface area (Å²) in [5, 5.41) is 3.96. The van der Waals surface area contributed by atoms with Crippen molar-refractivity contribution in [3.63, 3.8) is 0 Å². The molecule has 0 atom stereocenters. The molecule has 3 rings (SSSR count). The molecule has 2 fully saturated rings. The van der Waals surface area contributed by atoms with Crippen molar-refractivity contribution >= 4 is 0 Å². The molecule has 5 nitrogen and oxygen atoms in total. The standard InChI is InChI=1S/C12H19N3O2/c13-12(6-3-7-12)11-14-10(17-15-11)8-16-9-4-1-2-5-9/h9H,1-8,13H2. The average molecular weight is 237 g/mol. The second-order valence-corrected chi connectivity index (χ2v) is 5.24. The van der Waals surface area contributed by atoms with E-state index in [2.05, 4.69) is 10.1 Å². The first-order valence-electron chi connectivity index (χ1n) is 6.50. The van der Waals surface area contributed by atoms with Crippen LogP contribution in [0.4, 0.5) is 0 Å². The predicted octanol–water partition coefficient (Wildman–Crippen LogP) is 1.87. The SMILES string of the molecule is NC1(c2noc(COC3CCCC3)n2)CCC1. The van der Waals surface area contributed by atoms with Gasteiger partial charge in [-0.15, -0.1) is 0 Å². The molecule has 2 aliphatic carbocycles. The first kappa shape index (κ1) is 11.2. The lowest BCUT2D eigenvalue weighted by Crippen LogP contribution is -2.44. The van der Waals surface area contributed by atoms with Gasteiger partial charge in [0.05, 0.1) is 11.6 Å². The number of aromatic nitrogens is 2. The average Bonchev–Trinajstić information content (AvgIpc) is 2.94. The van der Waals surface area contributed by atoms with Crippen LogP contribution < -0.4 is 5.73 Å². The third-order valence-corrected chi connectivity index (χ3v) is 3.90. The van der Waals surface area contributed by atoms with Crippen molar-refractivity contribution in [2.45, 2.75) is 63.2 Å². The highest BCUT2D eigenvalue weighted by Crippen LogP contribution is 2.36. The second-order valence-electron chi connectivity index (χ2n) is 5.24. The highest BCUT2D eigenvalue weighted by atomic mass is 16.5. The maximum Gasteiger partial charge on any atom is 0.252 e. The van der Waals surface area contributed by atoms with Crippen molar-refractivity contribution in [2.24, 2.45) is 5.73 Å². The summed E-state index contributed by atoms with van der Waals surface area (Å²) in [5.41, 5.74) is 5.79. The number of ether oxygens (including phenoxy) is 1. The van der Waals surface area contributed by atoms with Crippen LogP contribution in [-0.4, -0.2) is 16.2 Å². The maximum absolute atomic E-state index is 6.13. The van der Waals surface area contributed by atoms with Gasteiger partial charge in [-0.1, -0.05) is 18.0 Å². The predicted molar refractivity (Wildman–Crippen MR) is 61.1 cm³/mol. The molecule has 0 saturated heterocycles. The highest BCUT2D eigenvalue weighted by molar-refractivity contribution is 5.08. The smallest absolute Gasteiger partial charge is 0.252 e. The zero-order valence-electron chi connectivity index (χ0n) is 10.0. The van der Waals surface area contributed by atoms with E-state index >= 15 is 0 Å². The Bertz CT molecular complexity index is 381. The largest absolute Gasteiger partial charge is 0.368 e. The van der Waals surface area contributed by atoms with Gasteiger partial charge in [-0.3, -0.25) is 0 Å². The fourth-order valence-corrected chi connectivity index (χ4v) is 2.54. The Hall–Kier alpha value is -0.940. The second kappa shape index (κ2) is 4.38. The van der Waals surface area contributed by atoms with Gasteiger partial charge in [0.15, 0.2) is 5.82 Å². The van der Waals surface area contributed by atoms with Gasteiger partial charge in [0, 0.05) is 0 Å². The molecule has 0 aromatic carbocycles. The summed E-state index contributed by atoms with van der Waals surface area (Å²) in [6.45, 7) is 0.424. The minimum Gasteiger partial charge on any atom is -0.368 e. The zero-order valence-corrected chi connectivity index (χ0v) is 10.0. The van der Waals surface area contributed by atoms with Gasteiger partial charge in [0.25, 0.3) is 5.89 Å². The van der Waals surface area contributed by atoms with Crippen molar-refractivity contribution in [1.82, 2.24) is 10.1 Å². The van der Waals surface area contributed by atoms with Crippen LogP contribution in [0, 0.1) is 0 Å². The van der Waals surface area contributed by atoms with Crippen molar-refractivity contribution in [1.29, 1.82) is 0 Å². The molecule has 0 spiro atoms. The van der Waals surface area contributed by atoms with E-state index in [4.69, 9.17) is 15.0 Å². The Kier molecular flexibility index (Phi) is 2.88. The van der Waals surface area contributed by atoms with E-state index in [0.717, 1.165) is 32.1 Å². The van der Waals surface area contributed by atoms with Crippen LogP contribution in [0.5, 0.6) is 0 Å². The Balaban J connectivity index is 1.56. The molecule has 94 valence electrons. The lowest BCUT2D eigenvalue weighted by atomic mass is 9.77. The van der Waals surface area contributed by atoms with Crippen LogP contribution in [0.3, 0.4) is 0 Å². The summed E-state index contributed by atoms with van der Waals surface area (Å²) in [6, 6.07) is 0. The van der Waals surface area contributed by atoms with E-state index in [1.54, 1.807) is 0 Å². The van der Waals surface area contributed by atoms with Crippen LogP contribution >= 0.6 is 0 Å². The molecule has 1 aromatic heterocycles. The fraction of sp³-hybridized carbons (Fsp3) is 0.833. The van der Waals surface area contributed by atoms with Crippen LogP contribution in [0.25, 0.3) is 0 Å². The van der Waals surface area contributed by atoms with E-state index in [1.165, 1.54) is 12.8 Å². The van der Waals surface area contributed by atoms with Crippen LogP contribution in [0.1, 0.15) is 56.7 Å². The third kappa shape index (κ3) is 2.21. The lowest BCUT2D eigenvalue weighted by Gasteiger charge is -2.34.